The normalized spacial score (nSPS) is 10.8. The number of aromatic nitrogens is 2. The van der Waals surface area contributed by atoms with E-state index >= 15 is 0 Å². The molecule has 0 spiro atoms. The Balaban J connectivity index is 2.08. The molecule has 0 saturated heterocycles. The van der Waals surface area contributed by atoms with Gasteiger partial charge in [-0.25, -0.2) is 9.97 Å². The van der Waals surface area contributed by atoms with Crippen LogP contribution in [0.3, 0.4) is 0 Å². The summed E-state index contributed by atoms with van der Waals surface area (Å²) in [5.41, 5.74) is 0.783. The van der Waals surface area contributed by atoms with E-state index in [1.165, 1.54) is 0 Å². The van der Waals surface area contributed by atoms with Crippen molar-refractivity contribution in [3.05, 3.63) is 36.3 Å². The zero-order valence-corrected chi connectivity index (χ0v) is 10.6. The second-order valence-corrected chi connectivity index (χ2v) is 4.31. The first kappa shape index (κ1) is 12.4. The summed E-state index contributed by atoms with van der Waals surface area (Å²) < 4.78 is 0. The van der Waals surface area contributed by atoms with E-state index in [0.717, 1.165) is 17.4 Å². The second-order valence-electron chi connectivity index (χ2n) is 4.31. The highest BCUT2D eigenvalue weighted by atomic mass is 16.2. The first-order valence-corrected chi connectivity index (χ1v) is 5.81. The molecule has 1 aromatic carbocycles. The van der Waals surface area contributed by atoms with Crippen LogP contribution >= 0.6 is 0 Å². The van der Waals surface area contributed by atoms with Crippen LogP contribution < -0.4 is 5.32 Å². The van der Waals surface area contributed by atoms with Gasteiger partial charge in [0.05, 0.1) is 5.52 Å². The summed E-state index contributed by atoms with van der Waals surface area (Å²) in [6.45, 7) is 1.38. The van der Waals surface area contributed by atoms with E-state index in [2.05, 4.69) is 15.3 Å². The topological polar surface area (TPSA) is 58.1 Å². The summed E-state index contributed by atoms with van der Waals surface area (Å²) in [5, 5.41) is 3.72. The van der Waals surface area contributed by atoms with Gasteiger partial charge in [0.2, 0.25) is 5.82 Å². The summed E-state index contributed by atoms with van der Waals surface area (Å²) in [6.07, 6.45) is 1.67. The molecular weight excluding hydrogens is 228 g/mol. The van der Waals surface area contributed by atoms with Crippen LogP contribution in [-0.4, -0.2) is 48.0 Å². The van der Waals surface area contributed by atoms with Crippen molar-refractivity contribution in [2.24, 2.45) is 0 Å². The summed E-state index contributed by atoms with van der Waals surface area (Å²) in [6, 6.07) is 7.60. The Morgan fingerprint density at radius 1 is 1.33 bits per heavy atom. The predicted molar refractivity (Wildman–Crippen MR) is 70.4 cm³/mol. The second kappa shape index (κ2) is 5.55. The van der Waals surface area contributed by atoms with Gasteiger partial charge in [-0.2, -0.15) is 0 Å². The molecule has 5 nitrogen and oxygen atoms in total. The van der Waals surface area contributed by atoms with E-state index in [0.29, 0.717) is 6.54 Å². The monoisotopic (exact) mass is 244 g/mol. The molecule has 5 heteroatoms. The number of carbonyl (C=O) groups excluding carboxylic acids is 1. The zero-order chi connectivity index (χ0) is 13.0. The molecule has 0 bridgehead atoms. The highest BCUT2D eigenvalue weighted by molar-refractivity contribution is 5.92. The van der Waals surface area contributed by atoms with Gasteiger partial charge in [0, 0.05) is 24.7 Å². The van der Waals surface area contributed by atoms with E-state index in [1.54, 1.807) is 6.20 Å². The smallest absolute Gasteiger partial charge is 0.289 e. The lowest BCUT2D eigenvalue weighted by Gasteiger charge is -2.09. The lowest BCUT2D eigenvalue weighted by Crippen LogP contribution is -2.32. The largest absolute Gasteiger partial charge is 0.348 e. The maximum Gasteiger partial charge on any atom is 0.289 e. The Labute approximate surface area is 106 Å². The van der Waals surface area contributed by atoms with Crippen LogP contribution in [0.5, 0.6) is 0 Å². The van der Waals surface area contributed by atoms with Crippen molar-refractivity contribution in [1.82, 2.24) is 20.2 Å². The third kappa shape index (κ3) is 3.01. The number of nitrogens with zero attached hydrogens (tertiary/aromatic N) is 3. The van der Waals surface area contributed by atoms with Crippen molar-refractivity contribution < 1.29 is 4.79 Å². The van der Waals surface area contributed by atoms with Crippen molar-refractivity contribution in [2.45, 2.75) is 0 Å². The van der Waals surface area contributed by atoms with E-state index < -0.39 is 0 Å². The van der Waals surface area contributed by atoms with Crippen LogP contribution in [0.2, 0.25) is 0 Å². The molecule has 0 aliphatic carbocycles. The highest BCUT2D eigenvalue weighted by Gasteiger charge is 2.08. The number of likely N-dealkylation sites (N-methyl/N-ethyl adjacent to an activating group) is 1. The molecule has 18 heavy (non-hydrogen) atoms. The molecule has 94 valence electrons. The first-order valence-electron chi connectivity index (χ1n) is 5.81. The maximum absolute atomic E-state index is 11.8. The molecular formula is C13H16N4O. The Morgan fingerprint density at radius 3 is 2.89 bits per heavy atom. The SMILES string of the molecule is CN(C)CCNC(=O)c1ncc2ccccc2n1. The van der Waals surface area contributed by atoms with Gasteiger partial charge >= 0.3 is 0 Å². The molecule has 0 fully saturated rings. The van der Waals surface area contributed by atoms with Crippen LogP contribution in [0.25, 0.3) is 10.9 Å². The van der Waals surface area contributed by atoms with Crippen LogP contribution in [0, 0.1) is 0 Å². The Hall–Kier alpha value is -2.01. The number of benzene rings is 1. The minimum absolute atomic E-state index is 0.215. The van der Waals surface area contributed by atoms with Gasteiger partial charge in [-0.15, -0.1) is 0 Å². The van der Waals surface area contributed by atoms with Crippen LogP contribution in [0.1, 0.15) is 10.6 Å². The Bertz CT molecular complexity index is 553. The van der Waals surface area contributed by atoms with Gasteiger partial charge in [0.1, 0.15) is 0 Å². The van der Waals surface area contributed by atoms with Gasteiger partial charge in [0.25, 0.3) is 5.91 Å². The summed E-state index contributed by atoms with van der Waals surface area (Å²) in [5.74, 6) is -0.0185. The number of rotatable bonds is 4. The molecule has 2 aromatic rings. The van der Waals surface area contributed by atoms with E-state index in [-0.39, 0.29) is 11.7 Å². The third-order valence-electron chi connectivity index (χ3n) is 2.54. The zero-order valence-electron chi connectivity index (χ0n) is 10.6. The molecule has 1 N–H and O–H groups in total. The molecule has 0 saturated carbocycles. The fourth-order valence-corrected chi connectivity index (χ4v) is 1.55. The predicted octanol–water partition coefficient (Wildman–Crippen LogP) is 0.921. The number of fused-ring (bicyclic) bond motifs is 1. The first-order chi connectivity index (χ1) is 8.66. The number of carbonyl (C=O) groups is 1. The number of hydrogen-bond donors (Lipinski definition) is 1. The van der Waals surface area contributed by atoms with Gasteiger partial charge in [-0.3, -0.25) is 4.79 Å². The van der Waals surface area contributed by atoms with E-state index in [9.17, 15) is 4.79 Å². The van der Waals surface area contributed by atoms with Gasteiger partial charge in [-0.05, 0) is 20.2 Å². The summed E-state index contributed by atoms with van der Waals surface area (Å²) in [4.78, 5) is 22.1. The van der Waals surface area contributed by atoms with Crippen molar-refractivity contribution >= 4 is 16.8 Å². The van der Waals surface area contributed by atoms with Crippen molar-refractivity contribution in [1.29, 1.82) is 0 Å². The number of nitrogens with one attached hydrogen (secondary N) is 1. The molecule has 2 rings (SSSR count). The molecule has 1 aromatic heterocycles. The molecule has 0 atom stereocenters. The lowest BCUT2D eigenvalue weighted by molar-refractivity contribution is 0.0941. The molecule has 0 radical (unpaired) electrons. The fraction of sp³-hybridized carbons (Fsp3) is 0.308. The molecule has 0 aliphatic heterocycles. The van der Waals surface area contributed by atoms with Crippen LogP contribution in [-0.2, 0) is 0 Å². The summed E-state index contributed by atoms with van der Waals surface area (Å²) >= 11 is 0. The average Bonchev–Trinajstić information content (AvgIpc) is 2.37. The molecule has 0 unspecified atom stereocenters. The molecule has 0 aliphatic rings. The van der Waals surface area contributed by atoms with Gasteiger partial charge in [-0.1, -0.05) is 18.2 Å². The van der Waals surface area contributed by atoms with Crippen LogP contribution in [0.4, 0.5) is 0 Å². The van der Waals surface area contributed by atoms with Crippen LogP contribution in [0.15, 0.2) is 30.5 Å². The van der Waals surface area contributed by atoms with Crippen molar-refractivity contribution in [3.8, 4) is 0 Å². The van der Waals surface area contributed by atoms with Gasteiger partial charge in [0.15, 0.2) is 0 Å². The third-order valence-corrected chi connectivity index (χ3v) is 2.54. The maximum atomic E-state index is 11.8. The standard InChI is InChI=1S/C13H16N4O/c1-17(2)8-7-14-13(18)12-15-9-10-5-3-4-6-11(10)16-12/h3-6,9H,7-8H2,1-2H3,(H,14,18). The van der Waals surface area contributed by atoms with Crippen molar-refractivity contribution in [2.75, 3.05) is 27.2 Å². The lowest BCUT2D eigenvalue weighted by atomic mass is 10.2. The Kier molecular flexibility index (Phi) is 3.84. The fourth-order valence-electron chi connectivity index (χ4n) is 1.55. The van der Waals surface area contributed by atoms with E-state index in [4.69, 9.17) is 0 Å². The minimum Gasteiger partial charge on any atom is -0.348 e. The number of para-hydroxylation sites is 1. The van der Waals surface area contributed by atoms with Gasteiger partial charge < -0.3 is 10.2 Å². The number of hydrogen-bond acceptors (Lipinski definition) is 4. The Morgan fingerprint density at radius 2 is 2.11 bits per heavy atom. The van der Waals surface area contributed by atoms with Crippen molar-refractivity contribution in [3.63, 3.8) is 0 Å². The quantitative estimate of drug-likeness (QED) is 0.869. The highest BCUT2D eigenvalue weighted by Crippen LogP contribution is 2.09. The van der Waals surface area contributed by atoms with E-state index in [1.807, 2.05) is 43.3 Å². The molecule has 1 heterocycles. The summed E-state index contributed by atoms with van der Waals surface area (Å²) in [7, 11) is 3.91. The molecule has 1 amide bonds. The minimum atomic E-state index is -0.234. The average molecular weight is 244 g/mol. The number of amides is 1.